The van der Waals surface area contributed by atoms with Gasteiger partial charge in [-0.3, -0.25) is 4.79 Å². The van der Waals surface area contributed by atoms with Gasteiger partial charge < -0.3 is 4.90 Å². The van der Waals surface area contributed by atoms with Crippen molar-refractivity contribution in [3.8, 4) is 0 Å². The van der Waals surface area contributed by atoms with E-state index in [1.54, 1.807) is 38.1 Å². The van der Waals surface area contributed by atoms with Gasteiger partial charge in [0.1, 0.15) is 0 Å². The van der Waals surface area contributed by atoms with E-state index >= 15 is 0 Å². The fraction of sp³-hybridized carbons (Fsp3) is 0.588. The van der Waals surface area contributed by atoms with Gasteiger partial charge in [0.05, 0.1) is 15.7 Å². The van der Waals surface area contributed by atoms with E-state index < -0.39 is 15.1 Å². The number of sulfone groups is 1. The number of amides is 1. The lowest BCUT2D eigenvalue weighted by molar-refractivity contribution is 0.0570. The molecule has 2 atom stereocenters. The summed E-state index contributed by atoms with van der Waals surface area (Å²) in [6, 6.07) is 6.72. The molecule has 1 aliphatic rings. The first-order chi connectivity index (χ1) is 10.2. The summed E-state index contributed by atoms with van der Waals surface area (Å²) < 4.78 is 25.0. The topological polar surface area (TPSA) is 54.5 Å². The van der Waals surface area contributed by atoms with Crippen LogP contribution in [0, 0.1) is 5.92 Å². The van der Waals surface area contributed by atoms with Crippen molar-refractivity contribution in [1.82, 2.24) is 4.90 Å². The number of benzene rings is 1. The van der Waals surface area contributed by atoms with E-state index in [2.05, 4.69) is 6.92 Å². The predicted molar refractivity (Wildman–Crippen MR) is 87.7 cm³/mol. The third-order valence-corrected chi connectivity index (χ3v) is 6.63. The molecule has 1 fully saturated rings. The Labute approximate surface area is 133 Å². The molecule has 0 radical (unpaired) electrons. The van der Waals surface area contributed by atoms with Gasteiger partial charge in [-0.05, 0) is 51.7 Å². The molecule has 22 heavy (non-hydrogen) atoms. The molecular formula is C17H25NO3S. The van der Waals surface area contributed by atoms with Crippen LogP contribution < -0.4 is 0 Å². The monoisotopic (exact) mass is 323 g/mol. The lowest BCUT2D eigenvalue weighted by Crippen LogP contribution is -2.45. The van der Waals surface area contributed by atoms with Gasteiger partial charge in [-0.25, -0.2) is 8.42 Å². The second-order valence-corrected chi connectivity index (χ2v) is 9.05. The van der Waals surface area contributed by atoms with Gasteiger partial charge in [-0.2, -0.15) is 0 Å². The number of carbonyl (C=O) groups excluding carboxylic acids is 1. The highest BCUT2D eigenvalue weighted by Crippen LogP contribution is 2.27. The Hall–Kier alpha value is -1.36. The maximum atomic E-state index is 12.9. The summed E-state index contributed by atoms with van der Waals surface area (Å²) in [5, 5.41) is -0.542. The van der Waals surface area contributed by atoms with E-state index in [1.807, 2.05) is 11.8 Å². The van der Waals surface area contributed by atoms with Crippen LogP contribution in [0.15, 0.2) is 29.2 Å². The SMILES string of the molecule is CC(C)S(=O)(=O)c1ccccc1C(=O)N1C[C@H](C)CC[C@@H]1C. The maximum absolute atomic E-state index is 12.9. The zero-order valence-corrected chi connectivity index (χ0v) is 14.6. The minimum Gasteiger partial charge on any atom is -0.336 e. The van der Waals surface area contributed by atoms with Crippen LogP contribution in [0.2, 0.25) is 0 Å². The van der Waals surface area contributed by atoms with E-state index in [4.69, 9.17) is 0 Å². The molecule has 0 aromatic heterocycles. The number of carbonyl (C=O) groups is 1. The summed E-state index contributed by atoms with van der Waals surface area (Å²) in [4.78, 5) is 14.9. The highest BCUT2D eigenvalue weighted by molar-refractivity contribution is 7.92. The molecule has 1 saturated heterocycles. The van der Waals surface area contributed by atoms with E-state index in [9.17, 15) is 13.2 Å². The largest absolute Gasteiger partial charge is 0.336 e. The first-order valence-corrected chi connectivity index (χ1v) is 9.43. The number of rotatable bonds is 3. The average Bonchev–Trinajstić information content (AvgIpc) is 2.49. The van der Waals surface area contributed by atoms with Gasteiger partial charge in [0.25, 0.3) is 5.91 Å². The molecule has 0 unspecified atom stereocenters. The van der Waals surface area contributed by atoms with E-state index in [-0.39, 0.29) is 16.8 Å². The van der Waals surface area contributed by atoms with Crippen molar-refractivity contribution in [2.24, 2.45) is 5.92 Å². The molecule has 1 amide bonds. The second-order valence-electron chi connectivity index (χ2n) is 6.58. The van der Waals surface area contributed by atoms with Crippen LogP contribution in [0.5, 0.6) is 0 Å². The van der Waals surface area contributed by atoms with Crippen LogP contribution in [0.25, 0.3) is 0 Å². The third-order valence-electron chi connectivity index (χ3n) is 4.42. The Morgan fingerprint density at radius 3 is 2.45 bits per heavy atom. The first-order valence-electron chi connectivity index (χ1n) is 7.89. The Balaban J connectivity index is 2.43. The van der Waals surface area contributed by atoms with E-state index in [0.29, 0.717) is 18.0 Å². The minimum absolute atomic E-state index is 0.151. The fourth-order valence-electron chi connectivity index (χ4n) is 2.87. The molecule has 0 saturated carbocycles. The molecular weight excluding hydrogens is 298 g/mol. The van der Waals surface area contributed by atoms with Gasteiger partial charge in [-0.15, -0.1) is 0 Å². The van der Waals surface area contributed by atoms with E-state index in [0.717, 1.165) is 12.8 Å². The molecule has 0 bridgehead atoms. The summed E-state index contributed by atoms with van der Waals surface area (Å²) >= 11 is 0. The molecule has 122 valence electrons. The molecule has 1 aliphatic heterocycles. The highest BCUT2D eigenvalue weighted by atomic mass is 32.2. The van der Waals surface area contributed by atoms with Crippen molar-refractivity contribution in [2.45, 2.75) is 56.7 Å². The van der Waals surface area contributed by atoms with Crippen molar-refractivity contribution >= 4 is 15.7 Å². The summed E-state index contributed by atoms with van der Waals surface area (Å²) in [5.74, 6) is 0.285. The fourth-order valence-corrected chi connectivity index (χ4v) is 4.11. The van der Waals surface area contributed by atoms with Crippen molar-refractivity contribution in [2.75, 3.05) is 6.54 Å². The molecule has 1 heterocycles. The molecule has 0 N–H and O–H groups in total. The van der Waals surface area contributed by atoms with Crippen LogP contribution in [-0.2, 0) is 9.84 Å². The summed E-state index contributed by atoms with van der Waals surface area (Å²) in [7, 11) is -3.47. The van der Waals surface area contributed by atoms with E-state index in [1.165, 1.54) is 0 Å². The Kier molecular flexibility index (Phi) is 4.95. The van der Waals surface area contributed by atoms with Crippen LogP contribution >= 0.6 is 0 Å². The van der Waals surface area contributed by atoms with Gasteiger partial charge in [0.15, 0.2) is 9.84 Å². The zero-order valence-electron chi connectivity index (χ0n) is 13.7. The van der Waals surface area contributed by atoms with Crippen molar-refractivity contribution in [3.63, 3.8) is 0 Å². The summed E-state index contributed by atoms with van der Waals surface area (Å²) in [5.41, 5.74) is 0.303. The second kappa shape index (κ2) is 6.41. The molecule has 0 aliphatic carbocycles. The number of piperidine rings is 1. The number of likely N-dealkylation sites (tertiary alicyclic amines) is 1. The first kappa shape index (κ1) is 17.0. The van der Waals surface area contributed by atoms with Gasteiger partial charge >= 0.3 is 0 Å². The zero-order chi connectivity index (χ0) is 16.5. The van der Waals surface area contributed by atoms with Crippen LogP contribution in [0.3, 0.4) is 0 Å². The summed E-state index contributed by atoms with van der Waals surface area (Å²) in [6.07, 6.45) is 2.07. The highest BCUT2D eigenvalue weighted by Gasteiger charge is 2.31. The molecule has 2 rings (SSSR count). The predicted octanol–water partition coefficient (Wildman–Crippen LogP) is 3.13. The lowest BCUT2D eigenvalue weighted by Gasteiger charge is -2.37. The Morgan fingerprint density at radius 2 is 1.82 bits per heavy atom. The maximum Gasteiger partial charge on any atom is 0.255 e. The average molecular weight is 323 g/mol. The van der Waals surface area contributed by atoms with Crippen LogP contribution in [0.4, 0.5) is 0 Å². The molecule has 0 spiro atoms. The minimum atomic E-state index is -3.47. The van der Waals surface area contributed by atoms with Crippen LogP contribution in [0.1, 0.15) is 50.9 Å². The number of hydrogen-bond acceptors (Lipinski definition) is 3. The molecule has 5 heteroatoms. The van der Waals surface area contributed by atoms with Gasteiger partial charge in [-0.1, -0.05) is 19.1 Å². The van der Waals surface area contributed by atoms with Gasteiger partial charge in [0, 0.05) is 12.6 Å². The Morgan fingerprint density at radius 1 is 1.18 bits per heavy atom. The quantitative estimate of drug-likeness (QED) is 0.859. The van der Waals surface area contributed by atoms with Crippen molar-refractivity contribution in [3.05, 3.63) is 29.8 Å². The number of hydrogen-bond donors (Lipinski definition) is 0. The smallest absolute Gasteiger partial charge is 0.255 e. The van der Waals surface area contributed by atoms with Crippen LogP contribution in [-0.4, -0.2) is 37.1 Å². The Bertz CT molecular complexity index is 652. The summed E-state index contributed by atoms with van der Waals surface area (Å²) in [6.45, 7) is 8.13. The molecule has 1 aromatic carbocycles. The number of nitrogens with zero attached hydrogens (tertiary/aromatic N) is 1. The third kappa shape index (κ3) is 3.19. The standard InChI is InChI=1S/C17H25NO3S/c1-12(2)22(20,21)16-8-6-5-7-15(16)17(19)18-11-13(3)9-10-14(18)4/h5-8,12-14H,9-11H2,1-4H3/t13-,14+/m1/s1. The van der Waals surface area contributed by atoms with Crippen molar-refractivity contribution < 1.29 is 13.2 Å². The lowest BCUT2D eigenvalue weighted by atomic mass is 9.94. The van der Waals surface area contributed by atoms with Gasteiger partial charge in [0.2, 0.25) is 0 Å². The van der Waals surface area contributed by atoms with Crippen molar-refractivity contribution in [1.29, 1.82) is 0 Å². The molecule has 1 aromatic rings. The molecule has 4 nitrogen and oxygen atoms in total. The normalized spacial score (nSPS) is 22.9.